The summed E-state index contributed by atoms with van der Waals surface area (Å²) in [6.07, 6.45) is 3.74. The molecule has 6 nitrogen and oxygen atoms in total. The molecule has 20 heavy (non-hydrogen) atoms. The fourth-order valence-corrected chi connectivity index (χ4v) is 1.92. The molecule has 1 aromatic carbocycles. The minimum Gasteiger partial charge on any atom is -0.378 e. The number of nitrogens with zero attached hydrogens (tertiary/aromatic N) is 5. The van der Waals surface area contributed by atoms with E-state index >= 15 is 0 Å². The van der Waals surface area contributed by atoms with Crippen LogP contribution in [0.4, 0.5) is 5.95 Å². The lowest BCUT2D eigenvalue weighted by Crippen LogP contribution is -2.37. The molecular formula is C14H15N5O. The molecule has 0 unspecified atom stereocenters. The zero-order valence-corrected chi connectivity index (χ0v) is 11.0. The third-order valence-electron chi connectivity index (χ3n) is 3.00. The quantitative estimate of drug-likeness (QED) is 0.836. The van der Waals surface area contributed by atoms with Crippen LogP contribution in [0.25, 0.3) is 12.2 Å². The Hall–Kier alpha value is -2.34. The van der Waals surface area contributed by atoms with Gasteiger partial charge in [0.1, 0.15) is 0 Å². The fourth-order valence-electron chi connectivity index (χ4n) is 1.92. The van der Waals surface area contributed by atoms with Crippen LogP contribution >= 0.6 is 0 Å². The van der Waals surface area contributed by atoms with E-state index in [4.69, 9.17) is 4.74 Å². The molecule has 1 fully saturated rings. The molecule has 0 N–H and O–H groups in total. The number of aromatic nitrogens is 4. The molecule has 2 aromatic rings. The highest BCUT2D eigenvalue weighted by Crippen LogP contribution is 2.07. The molecule has 0 amide bonds. The monoisotopic (exact) mass is 269 g/mol. The standard InChI is InChI=1S/C14H15N5O/c1-2-4-12(5-3-1)6-7-13-15-17-14(18-16-13)19-8-10-20-11-9-19/h1-7H,8-11H2/b7-6+. The van der Waals surface area contributed by atoms with E-state index in [1.807, 2.05) is 41.3 Å². The lowest BCUT2D eigenvalue weighted by molar-refractivity contribution is 0.122. The maximum Gasteiger partial charge on any atom is 0.264 e. The van der Waals surface area contributed by atoms with Crippen molar-refractivity contribution < 1.29 is 4.74 Å². The van der Waals surface area contributed by atoms with Crippen molar-refractivity contribution >= 4 is 18.1 Å². The van der Waals surface area contributed by atoms with Crippen LogP contribution in [0.5, 0.6) is 0 Å². The van der Waals surface area contributed by atoms with Crippen molar-refractivity contribution in [1.82, 2.24) is 20.4 Å². The number of hydrogen-bond donors (Lipinski definition) is 0. The van der Waals surface area contributed by atoms with Crippen LogP contribution in [0, 0.1) is 0 Å². The van der Waals surface area contributed by atoms with Crippen LogP contribution in [0.1, 0.15) is 11.4 Å². The highest BCUT2D eigenvalue weighted by molar-refractivity contribution is 5.66. The summed E-state index contributed by atoms with van der Waals surface area (Å²) in [4.78, 5) is 2.02. The molecule has 1 aromatic heterocycles. The second kappa shape index (κ2) is 6.21. The number of morpholine rings is 1. The Bertz CT molecular complexity index is 564. The van der Waals surface area contributed by atoms with Crippen molar-refractivity contribution in [2.45, 2.75) is 0 Å². The van der Waals surface area contributed by atoms with Gasteiger partial charge in [0.05, 0.1) is 13.2 Å². The van der Waals surface area contributed by atoms with Crippen LogP contribution in [-0.2, 0) is 4.74 Å². The number of benzene rings is 1. The summed E-state index contributed by atoms with van der Waals surface area (Å²) in [6.45, 7) is 2.95. The zero-order chi connectivity index (χ0) is 13.6. The van der Waals surface area contributed by atoms with Crippen LogP contribution in [0.2, 0.25) is 0 Å². The van der Waals surface area contributed by atoms with Gasteiger partial charge in [-0.25, -0.2) is 0 Å². The Labute approximate surface area is 117 Å². The van der Waals surface area contributed by atoms with Gasteiger partial charge in [-0.1, -0.05) is 36.4 Å². The van der Waals surface area contributed by atoms with Crippen LogP contribution < -0.4 is 4.90 Å². The van der Waals surface area contributed by atoms with E-state index in [1.165, 1.54) is 0 Å². The predicted octanol–water partition coefficient (Wildman–Crippen LogP) is 1.27. The van der Waals surface area contributed by atoms with E-state index in [9.17, 15) is 0 Å². The fraction of sp³-hybridized carbons (Fsp3) is 0.286. The van der Waals surface area contributed by atoms with Gasteiger partial charge < -0.3 is 9.64 Å². The summed E-state index contributed by atoms with van der Waals surface area (Å²) >= 11 is 0. The molecule has 0 radical (unpaired) electrons. The van der Waals surface area contributed by atoms with Crippen molar-refractivity contribution in [3.8, 4) is 0 Å². The van der Waals surface area contributed by atoms with Crippen molar-refractivity contribution in [2.24, 2.45) is 0 Å². The molecule has 0 spiro atoms. The Kier molecular flexibility index (Phi) is 3.93. The first-order chi connectivity index (χ1) is 9.92. The van der Waals surface area contributed by atoms with Crippen molar-refractivity contribution in [2.75, 3.05) is 31.2 Å². The maximum absolute atomic E-state index is 5.28. The van der Waals surface area contributed by atoms with Gasteiger partial charge in [-0.15, -0.1) is 20.4 Å². The van der Waals surface area contributed by atoms with Gasteiger partial charge in [0, 0.05) is 13.1 Å². The third-order valence-corrected chi connectivity index (χ3v) is 3.00. The first-order valence-electron chi connectivity index (χ1n) is 6.55. The van der Waals surface area contributed by atoms with Crippen LogP contribution in [0.3, 0.4) is 0 Å². The minimum absolute atomic E-state index is 0.505. The van der Waals surface area contributed by atoms with Crippen LogP contribution in [-0.4, -0.2) is 46.7 Å². The normalized spacial score (nSPS) is 15.7. The molecule has 2 heterocycles. The molecule has 1 aliphatic heterocycles. The highest BCUT2D eigenvalue weighted by Gasteiger charge is 2.14. The first-order valence-corrected chi connectivity index (χ1v) is 6.55. The largest absolute Gasteiger partial charge is 0.378 e. The van der Waals surface area contributed by atoms with Gasteiger partial charge in [0.15, 0.2) is 5.82 Å². The third kappa shape index (κ3) is 3.16. The van der Waals surface area contributed by atoms with E-state index < -0.39 is 0 Å². The van der Waals surface area contributed by atoms with Crippen molar-refractivity contribution in [3.63, 3.8) is 0 Å². The van der Waals surface area contributed by atoms with Gasteiger partial charge in [0.2, 0.25) is 0 Å². The van der Waals surface area contributed by atoms with E-state index in [2.05, 4.69) is 20.4 Å². The number of hydrogen-bond acceptors (Lipinski definition) is 6. The molecule has 3 rings (SSSR count). The Morgan fingerprint density at radius 3 is 2.30 bits per heavy atom. The molecule has 6 heteroatoms. The Morgan fingerprint density at radius 1 is 0.900 bits per heavy atom. The van der Waals surface area contributed by atoms with Gasteiger partial charge in [-0.3, -0.25) is 0 Å². The Balaban J connectivity index is 1.68. The van der Waals surface area contributed by atoms with Gasteiger partial charge in [-0.05, 0) is 11.6 Å². The smallest absolute Gasteiger partial charge is 0.264 e. The van der Waals surface area contributed by atoms with E-state index in [1.54, 1.807) is 6.08 Å². The summed E-state index contributed by atoms with van der Waals surface area (Å²) in [5.74, 6) is 1.07. The average Bonchev–Trinajstić information content (AvgIpc) is 2.55. The second-order valence-electron chi connectivity index (χ2n) is 4.40. The van der Waals surface area contributed by atoms with E-state index in [0.29, 0.717) is 25.0 Å². The molecule has 102 valence electrons. The summed E-state index contributed by atoms with van der Waals surface area (Å²) < 4.78 is 5.28. The maximum atomic E-state index is 5.28. The van der Waals surface area contributed by atoms with Crippen molar-refractivity contribution in [1.29, 1.82) is 0 Å². The lowest BCUT2D eigenvalue weighted by Gasteiger charge is -2.25. The highest BCUT2D eigenvalue weighted by atomic mass is 16.5. The van der Waals surface area contributed by atoms with Gasteiger partial charge in [-0.2, -0.15) is 0 Å². The average molecular weight is 269 g/mol. The molecule has 0 atom stereocenters. The SMILES string of the molecule is C(=C\c1nnc(N2CCOCC2)nn1)/c1ccccc1. The number of ether oxygens (including phenoxy) is 1. The molecule has 0 saturated carbocycles. The minimum atomic E-state index is 0.505. The first kappa shape index (κ1) is 12.7. The molecule has 0 bridgehead atoms. The van der Waals surface area contributed by atoms with Crippen LogP contribution in [0.15, 0.2) is 30.3 Å². The summed E-state index contributed by atoms with van der Waals surface area (Å²) in [5, 5.41) is 16.4. The lowest BCUT2D eigenvalue weighted by atomic mass is 10.2. The van der Waals surface area contributed by atoms with Crippen molar-refractivity contribution in [3.05, 3.63) is 41.7 Å². The van der Waals surface area contributed by atoms with E-state index in [0.717, 1.165) is 18.7 Å². The Morgan fingerprint density at radius 2 is 1.60 bits per heavy atom. The number of rotatable bonds is 3. The molecule has 1 saturated heterocycles. The van der Waals surface area contributed by atoms with Gasteiger partial charge >= 0.3 is 0 Å². The molecule has 1 aliphatic rings. The molecule has 0 aliphatic carbocycles. The van der Waals surface area contributed by atoms with E-state index in [-0.39, 0.29) is 0 Å². The van der Waals surface area contributed by atoms with Gasteiger partial charge in [0.25, 0.3) is 5.95 Å². The summed E-state index contributed by atoms with van der Waals surface area (Å²) in [5.41, 5.74) is 1.09. The topological polar surface area (TPSA) is 64.0 Å². The molecular weight excluding hydrogens is 254 g/mol. The number of anilines is 1. The predicted molar refractivity (Wildman–Crippen MR) is 76.0 cm³/mol. The summed E-state index contributed by atoms with van der Waals surface area (Å²) in [6, 6.07) is 9.98. The zero-order valence-electron chi connectivity index (χ0n) is 11.0. The second-order valence-corrected chi connectivity index (χ2v) is 4.40. The summed E-state index contributed by atoms with van der Waals surface area (Å²) in [7, 11) is 0.